The Morgan fingerprint density at radius 3 is 2.71 bits per heavy atom. The number of nitrogen functional groups attached to an aromatic ring is 1. The number of hydrogen-bond donors (Lipinski definition) is 1. The molecule has 0 aromatic heterocycles. The first kappa shape index (κ1) is 15.2. The topological polar surface area (TPSA) is 98.7 Å². The highest BCUT2D eigenvalue weighted by Gasteiger charge is 2.34. The monoisotopic (exact) mass is 293 g/mol. The number of carbonyl (C=O) groups is 1. The fourth-order valence-electron chi connectivity index (χ4n) is 2.64. The Balaban J connectivity index is 2.24. The summed E-state index contributed by atoms with van der Waals surface area (Å²) in [5, 5.41) is 10.7. The number of morpholine rings is 1. The number of nitrogens with two attached hydrogens (primary N) is 1. The van der Waals surface area contributed by atoms with Crippen LogP contribution in [0.3, 0.4) is 0 Å². The van der Waals surface area contributed by atoms with Crippen LogP contribution in [0, 0.1) is 10.1 Å². The molecular formula is C14H19N3O4. The summed E-state index contributed by atoms with van der Waals surface area (Å²) in [7, 11) is 0. The molecule has 0 aliphatic carbocycles. The molecule has 1 aliphatic rings. The van der Waals surface area contributed by atoms with Crippen molar-refractivity contribution >= 4 is 17.3 Å². The fraction of sp³-hybridized carbons (Fsp3) is 0.500. The Morgan fingerprint density at radius 2 is 2.19 bits per heavy atom. The molecular weight excluding hydrogens is 274 g/mol. The van der Waals surface area contributed by atoms with Crippen LogP contribution in [0.15, 0.2) is 18.2 Å². The van der Waals surface area contributed by atoms with Crippen molar-refractivity contribution in [2.75, 3.05) is 18.8 Å². The van der Waals surface area contributed by atoms with E-state index >= 15 is 0 Å². The van der Waals surface area contributed by atoms with Crippen molar-refractivity contribution in [2.24, 2.45) is 0 Å². The zero-order valence-corrected chi connectivity index (χ0v) is 12.3. The average Bonchev–Trinajstić information content (AvgIpc) is 2.34. The molecule has 1 fully saturated rings. The molecule has 2 rings (SSSR count). The molecule has 0 saturated carbocycles. The smallest absolute Gasteiger partial charge is 0.292 e. The zero-order valence-electron chi connectivity index (χ0n) is 12.3. The van der Waals surface area contributed by atoms with Crippen LogP contribution in [0.2, 0.25) is 0 Å². The Labute approximate surface area is 122 Å². The zero-order chi connectivity index (χ0) is 15.8. The van der Waals surface area contributed by atoms with Crippen molar-refractivity contribution in [3.63, 3.8) is 0 Å². The number of nitro groups is 1. The molecule has 0 radical (unpaired) electrons. The van der Waals surface area contributed by atoms with Crippen LogP contribution in [0.5, 0.6) is 0 Å². The third-order valence-corrected chi connectivity index (χ3v) is 3.33. The standard InChI is InChI=1S/C14H19N3O4/c1-9-7-16(8-14(2,3)21-9)13(18)10-4-5-12(17(19)20)11(15)6-10/h4-6,9H,7-8,15H2,1-3H3. The van der Waals surface area contributed by atoms with Crippen molar-refractivity contribution in [2.45, 2.75) is 32.5 Å². The van der Waals surface area contributed by atoms with Gasteiger partial charge in [-0.3, -0.25) is 14.9 Å². The lowest BCUT2D eigenvalue weighted by molar-refractivity contribution is -0.383. The van der Waals surface area contributed by atoms with Crippen molar-refractivity contribution < 1.29 is 14.5 Å². The highest BCUT2D eigenvalue weighted by Crippen LogP contribution is 2.25. The third kappa shape index (κ3) is 3.30. The van der Waals surface area contributed by atoms with Gasteiger partial charge in [-0.2, -0.15) is 0 Å². The Hall–Kier alpha value is -2.15. The van der Waals surface area contributed by atoms with Crippen molar-refractivity contribution in [1.29, 1.82) is 0 Å². The van der Waals surface area contributed by atoms with Crippen LogP contribution in [0.25, 0.3) is 0 Å². The van der Waals surface area contributed by atoms with Gasteiger partial charge >= 0.3 is 0 Å². The predicted molar refractivity (Wildman–Crippen MR) is 78.0 cm³/mol. The minimum atomic E-state index is -0.566. The normalized spacial score (nSPS) is 21.1. The summed E-state index contributed by atoms with van der Waals surface area (Å²) in [5.41, 5.74) is 5.37. The van der Waals surface area contributed by atoms with Crippen LogP contribution >= 0.6 is 0 Å². The number of rotatable bonds is 2. The first-order valence-corrected chi connectivity index (χ1v) is 6.70. The van der Waals surface area contributed by atoms with Gasteiger partial charge in [0.15, 0.2) is 0 Å². The van der Waals surface area contributed by atoms with Gasteiger partial charge in [0.25, 0.3) is 11.6 Å². The molecule has 1 aliphatic heterocycles. The van der Waals surface area contributed by atoms with Gasteiger partial charge in [0.1, 0.15) is 5.69 Å². The second kappa shape index (κ2) is 5.33. The highest BCUT2D eigenvalue weighted by molar-refractivity contribution is 5.95. The van der Waals surface area contributed by atoms with Crippen LogP contribution in [-0.2, 0) is 4.74 Å². The number of carbonyl (C=O) groups excluding carboxylic acids is 1. The van der Waals surface area contributed by atoms with Gasteiger partial charge in [0.2, 0.25) is 0 Å². The lowest BCUT2D eigenvalue weighted by Gasteiger charge is -2.41. The Bertz CT molecular complexity index is 586. The van der Waals surface area contributed by atoms with Gasteiger partial charge < -0.3 is 15.4 Å². The number of nitrogens with zero attached hydrogens (tertiary/aromatic N) is 2. The molecule has 0 spiro atoms. The molecule has 1 heterocycles. The molecule has 2 N–H and O–H groups in total. The molecule has 1 amide bonds. The largest absolute Gasteiger partial charge is 0.393 e. The van der Waals surface area contributed by atoms with E-state index in [1.165, 1.54) is 18.2 Å². The van der Waals surface area contributed by atoms with Crippen molar-refractivity contribution in [3.8, 4) is 0 Å². The summed E-state index contributed by atoms with van der Waals surface area (Å²) in [6.07, 6.45) is -0.0619. The van der Waals surface area contributed by atoms with Crippen molar-refractivity contribution in [3.05, 3.63) is 33.9 Å². The Kier molecular flexibility index (Phi) is 3.87. The van der Waals surface area contributed by atoms with E-state index in [0.717, 1.165) is 0 Å². The SMILES string of the molecule is CC1CN(C(=O)c2ccc([N+](=O)[O-])c(N)c2)CC(C)(C)O1. The quantitative estimate of drug-likeness (QED) is 0.509. The molecule has 1 saturated heterocycles. The highest BCUT2D eigenvalue weighted by atomic mass is 16.6. The minimum Gasteiger partial charge on any atom is -0.393 e. The second-order valence-electron chi connectivity index (χ2n) is 5.90. The first-order valence-electron chi connectivity index (χ1n) is 6.70. The number of hydrogen-bond acceptors (Lipinski definition) is 5. The summed E-state index contributed by atoms with van der Waals surface area (Å²) in [4.78, 5) is 24.4. The fourth-order valence-corrected chi connectivity index (χ4v) is 2.64. The number of anilines is 1. The molecule has 21 heavy (non-hydrogen) atoms. The third-order valence-electron chi connectivity index (χ3n) is 3.33. The van der Waals surface area contributed by atoms with Crippen molar-refractivity contribution in [1.82, 2.24) is 4.90 Å². The van der Waals surface area contributed by atoms with Crippen LogP contribution in [0.4, 0.5) is 11.4 Å². The van der Waals surface area contributed by atoms with E-state index in [1.807, 2.05) is 20.8 Å². The van der Waals surface area contributed by atoms with Crippen LogP contribution in [-0.4, -0.2) is 40.5 Å². The molecule has 7 nitrogen and oxygen atoms in total. The lowest BCUT2D eigenvalue weighted by atomic mass is 10.0. The molecule has 114 valence electrons. The number of ether oxygens (including phenoxy) is 1. The maximum Gasteiger partial charge on any atom is 0.292 e. The summed E-state index contributed by atoms with van der Waals surface area (Å²) in [6, 6.07) is 4.05. The van der Waals surface area contributed by atoms with Gasteiger partial charge in [0, 0.05) is 24.7 Å². The molecule has 1 aromatic rings. The summed E-state index contributed by atoms with van der Waals surface area (Å²) >= 11 is 0. The van der Waals surface area contributed by atoms with E-state index in [4.69, 9.17) is 10.5 Å². The van der Waals surface area contributed by atoms with Crippen LogP contribution in [0.1, 0.15) is 31.1 Å². The molecule has 1 atom stereocenters. The molecule has 1 aromatic carbocycles. The van der Waals surface area contributed by atoms with E-state index < -0.39 is 10.5 Å². The Morgan fingerprint density at radius 1 is 1.52 bits per heavy atom. The van der Waals surface area contributed by atoms with Crippen LogP contribution < -0.4 is 5.73 Å². The van der Waals surface area contributed by atoms with E-state index in [0.29, 0.717) is 18.7 Å². The lowest BCUT2D eigenvalue weighted by Crippen LogP contribution is -2.53. The first-order chi connectivity index (χ1) is 9.69. The maximum absolute atomic E-state index is 12.5. The maximum atomic E-state index is 12.5. The number of nitro benzene ring substituents is 1. The van der Waals surface area contributed by atoms with E-state index in [9.17, 15) is 14.9 Å². The summed E-state index contributed by atoms with van der Waals surface area (Å²) in [6.45, 7) is 6.71. The van der Waals surface area contributed by atoms with Gasteiger partial charge in [0.05, 0.1) is 16.6 Å². The van der Waals surface area contributed by atoms with E-state index in [1.54, 1.807) is 4.90 Å². The van der Waals surface area contributed by atoms with Gasteiger partial charge in [-0.15, -0.1) is 0 Å². The number of benzene rings is 1. The molecule has 1 unspecified atom stereocenters. The minimum absolute atomic E-state index is 0.00795. The molecule has 7 heteroatoms. The van der Waals surface area contributed by atoms with Gasteiger partial charge in [-0.1, -0.05) is 0 Å². The van der Waals surface area contributed by atoms with Gasteiger partial charge in [-0.05, 0) is 32.9 Å². The average molecular weight is 293 g/mol. The predicted octanol–water partition coefficient (Wildman–Crippen LogP) is 1.82. The summed E-state index contributed by atoms with van der Waals surface area (Å²) < 4.78 is 5.76. The summed E-state index contributed by atoms with van der Waals surface area (Å²) in [5.74, 6) is -0.195. The molecule has 0 bridgehead atoms. The van der Waals surface area contributed by atoms with Gasteiger partial charge in [-0.25, -0.2) is 0 Å². The van der Waals surface area contributed by atoms with E-state index in [-0.39, 0.29) is 23.4 Å². The number of amides is 1. The van der Waals surface area contributed by atoms with E-state index in [2.05, 4.69) is 0 Å². The second-order valence-corrected chi connectivity index (χ2v) is 5.90.